The van der Waals surface area contributed by atoms with Gasteiger partial charge in [-0.1, -0.05) is 13.8 Å². The fraction of sp³-hybridized carbons (Fsp3) is 0.846. The molecule has 0 radical (unpaired) electrons. The van der Waals surface area contributed by atoms with Gasteiger partial charge in [-0.15, -0.1) is 0 Å². The second-order valence-electron chi connectivity index (χ2n) is 4.40. The Hall–Kier alpha value is -0.740. The topological polar surface area (TPSA) is 58.2 Å². The first kappa shape index (κ1) is 16.3. The molecule has 0 saturated heterocycles. The summed E-state index contributed by atoms with van der Waals surface area (Å²) in [6.07, 6.45) is 2.58. The van der Waals surface area contributed by atoms with E-state index in [-0.39, 0.29) is 23.7 Å². The first-order valence-electron chi connectivity index (χ1n) is 6.50. The van der Waals surface area contributed by atoms with Crippen molar-refractivity contribution in [1.29, 1.82) is 0 Å². The van der Waals surface area contributed by atoms with Gasteiger partial charge in [0.15, 0.2) is 0 Å². The molecule has 0 fully saturated rings. The molecule has 0 aromatic carbocycles. The van der Waals surface area contributed by atoms with E-state index in [1.54, 1.807) is 13.8 Å². The summed E-state index contributed by atoms with van der Waals surface area (Å²) in [6.45, 7) is 8.84. The molecule has 0 aromatic rings. The average molecular weight is 242 g/mol. The predicted octanol–water partition coefficient (Wildman–Crippen LogP) is 1.29. The number of carbonyl (C=O) groups excluding carboxylic acids is 2. The lowest BCUT2D eigenvalue weighted by atomic mass is 10.1. The first-order chi connectivity index (χ1) is 8.02. The summed E-state index contributed by atoms with van der Waals surface area (Å²) >= 11 is 0. The Kier molecular flexibility index (Phi) is 8.90. The summed E-state index contributed by atoms with van der Waals surface area (Å²) < 4.78 is 0. The summed E-state index contributed by atoms with van der Waals surface area (Å²) in [4.78, 5) is 22.3. The van der Waals surface area contributed by atoms with Crippen LogP contribution in [-0.2, 0) is 9.59 Å². The van der Waals surface area contributed by atoms with Crippen LogP contribution in [0, 0.1) is 0 Å². The molecule has 0 rings (SSSR count). The van der Waals surface area contributed by atoms with E-state index in [2.05, 4.69) is 10.6 Å². The molecule has 2 atom stereocenters. The molecule has 4 nitrogen and oxygen atoms in total. The molecule has 0 aromatic heterocycles. The van der Waals surface area contributed by atoms with E-state index >= 15 is 0 Å². The predicted molar refractivity (Wildman–Crippen MR) is 70.1 cm³/mol. The largest absolute Gasteiger partial charge is 0.307 e. The van der Waals surface area contributed by atoms with Crippen LogP contribution in [0.4, 0.5) is 0 Å². The van der Waals surface area contributed by atoms with Gasteiger partial charge in [-0.25, -0.2) is 0 Å². The van der Waals surface area contributed by atoms with E-state index in [1.165, 1.54) is 0 Å². The van der Waals surface area contributed by atoms with E-state index in [0.29, 0.717) is 0 Å². The monoisotopic (exact) mass is 242 g/mol. The summed E-state index contributed by atoms with van der Waals surface area (Å²) in [5.41, 5.74) is 0. The van der Waals surface area contributed by atoms with Crippen LogP contribution in [0.15, 0.2) is 0 Å². The van der Waals surface area contributed by atoms with Gasteiger partial charge in [0.25, 0.3) is 0 Å². The van der Waals surface area contributed by atoms with Crippen molar-refractivity contribution in [2.45, 2.75) is 59.0 Å². The Morgan fingerprint density at radius 2 is 1.24 bits per heavy atom. The Balaban J connectivity index is 3.64. The first-order valence-corrected chi connectivity index (χ1v) is 6.50. The fourth-order valence-corrected chi connectivity index (χ4v) is 1.79. The Labute approximate surface area is 105 Å². The SMILES string of the molecule is CCC(NCCCNC(CC)C(C)=O)C(C)=O. The highest BCUT2D eigenvalue weighted by atomic mass is 16.1. The van der Waals surface area contributed by atoms with Gasteiger partial charge < -0.3 is 10.6 Å². The number of hydrogen-bond donors (Lipinski definition) is 2. The van der Waals surface area contributed by atoms with Crippen molar-refractivity contribution in [3.63, 3.8) is 0 Å². The molecule has 0 aliphatic heterocycles. The zero-order valence-electron chi connectivity index (χ0n) is 11.5. The van der Waals surface area contributed by atoms with Crippen molar-refractivity contribution < 1.29 is 9.59 Å². The molecule has 0 heterocycles. The molecule has 17 heavy (non-hydrogen) atoms. The Morgan fingerprint density at radius 3 is 1.47 bits per heavy atom. The van der Waals surface area contributed by atoms with Crippen LogP contribution < -0.4 is 10.6 Å². The molecule has 0 aliphatic carbocycles. The highest BCUT2D eigenvalue weighted by Gasteiger charge is 2.11. The standard InChI is InChI=1S/C13H26N2O2/c1-5-12(10(3)16)14-8-7-9-15-13(6-2)11(4)17/h12-15H,5-9H2,1-4H3. The third-order valence-corrected chi connectivity index (χ3v) is 2.93. The van der Waals surface area contributed by atoms with Crippen LogP contribution in [-0.4, -0.2) is 36.7 Å². The average Bonchev–Trinajstić information content (AvgIpc) is 2.27. The Morgan fingerprint density at radius 1 is 0.882 bits per heavy atom. The second kappa shape index (κ2) is 9.31. The highest BCUT2D eigenvalue weighted by molar-refractivity contribution is 5.81. The minimum Gasteiger partial charge on any atom is -0.307 e. The molecule has 0 bridgehead atoms. The third-order valence-electron chi connectivity index (χ3n) is 2.93. The van der Waals surface area contributed by atoms with Crippen molar-refractivity contribution in [1.82, 2.24) is 10.6 Å². The van der Waals surface area contributed by atoms with Gasteiger partial charge in [0.1, 0.15) is 11.6 Å². The van der Waals surface area contributed by atoms with Crippen molar-refractivity contribution in [2.75, 3.05) is 13.1 Å². The summed E-state index contributed by atoms with van der Waals surface area (Å²) in [7, 11) is 0. The molecular weight excluding hydrogens is 216 g/mol. The van der Waals surface area contributed by atoms with Crippen LogP contribution in [0.25, 0.3) is 0 Å². The summed E-state index contributed by atoms with van der Waals surface area (Å²) in [5, 5.41) is 6.43. The molecule has 0 saturated carbocycles. The fourth-order valence-electron chi connectivity index (χ4n) is 1.79. The van der Waals surface area contributed by atoms with Gasteiger partial charge in [0, 0.05) is 0 Å². The lowest BCUT2D eigenvalue weighted by molar-refractivity contribution is -0.119. The van der Waals surface area contributed by atoms with E-state index in [4.69, 9.17) is 0 Å². The van der Waals surface area contributed by atoms with E-state index in [9.17, 15) is 9.59 Å². The van der Waals surface area contributed by atoms with Gasteiger partial charge in [-0.05, 0) is 46.2 Å². The second-order valence-corrected chi connectivity index (χ2v) is 4.40. The maximum absolute atomic E-state index is 11.2. The maximum Gasteiger partial charge on any atom is 0.146 e. The lowest BCUT2D eigenvalue weighted by Crippen LogP contribution is -2.39. The molecule has 2 N–H and O–H groups in total. The Bertz CT molecular complexity index is 218. The zero-order valence-corrected chi connectivity index (χ0v) is 11.5. The van der Waals surface area contributed by atoms with Gasteiger partial charge in [-0.3, -0.25) is 9.59 Å². The lowest BCUT2D eigenvalue weighted by Gasteiger charge is -2.15. The van der Waals surface area contributed by atoms with Crippen molar-refractivity contribution >= 4 is 11.6 Å². The van der Waals surface area contributed by atoms with Crippen LogP contribution in [0.5, 0.6) is 0 Å². The van der Waals surface area contributed by atoms with E-state index in [1.807, 2.05) is 13.8 Å². The highest BCUT2D eigenvalue weighted by Crippen LogP contribution is 1.94. The number of rotatable bonds is 10. The minimum atomic E-state index is -0.0234. The van der Waals surface area contributed by atoms with Crippen molar-refractivity contribution in [3.05, 3.63) is 0 Å². The molecule has 100 valence electrons. The van der Waals surface area contributed by atoms with E-state index in [0.717, 1.165) is 32.4 Å². The quantitative estimate of drug-likeness (QED) is 0.567. The molecule has 4 heteroatoms. The number of hydrogen-bond acceptors (Lipinski definition) is 4. The molecule has 0 aliphatic rings. The van der Waals surface area contributed by atoms with Crippen molar-refractivity contribution in [3.8, 4) is 0 Å². The summed E-state index contributed by atoms with van der Waals surface area (Å²) in [6, 6.07) is -0.0467. The van der Waals surface area contributed by atoms with Crippen LogP contribution in [0.1, 0.15) is 47.0 Å². The molecule has 0 spiro atoms. The van der Waals surface area contributed by atoms with Crippen LogP contribution >= 0.6 is 0 Å². The minimum absolute atomic E-state index is 0.0234. The van der Waals surface area contributed by atoms with Gasteiger partial charge in [-0.2, -0.15) is 0 Å². The van der Waals surface area contributed by atoms with Crippen LogP contribution in [0.3, 0.4) is 0 Å². The van der Waals surface area contributed by atoms with Gasteiger partial charge >= 0.3 is 0 Å². The molecular formula is C13H26N2O2. The number of ketones is 2. The summed E-state index contributed by atoms with van der Waals surface area (Å²) in [5.74, 6) is 0.381. The van der Waals surface area contributed by atoms with Crippen molar-refractivity contribution in [2.24, 2.45) is 0 Å². The third kappa shape index (κ3) is 7.23. The molecule has 2 unspecified atom stereocenters. The normalized spacial score (nSPS) is 14.4. The van der Waals surface area contributed by atoms with Gasteiger partial charge in [0.05, 0.1) is 12.1 Å². The number of nitrogens with one attached hydrogen (secondary N) is 2. The molecule has 0 amide bonds. The maximum atomic E-state index is 11.2. The number of Topliss-reactive ketones (excluding diaryl/α,β-unsaturated/α-hetero) is 2. The number of carbonyl (C=O) groups is 2. The van der Waals surface area contributed by atoms with Gasteiger partial charge in [0.2, 0.25) is 0 Å². The zero-order chi connectivity index (χ0) is 13.3. The van der Waals surface area contributed by atoms with E-state index < -0.39 is 0 Å². The smallest absolute Gasteiger partial charge is 0.146 e. The van der Waals surface area contributed by atoms with Crippen LogP contribution in [0.2, 0.25) is 0 Å².